The summed E-state index contributed by atoms with van der Waals surface area (Å²) in [7, 11) is 0. The number of primary amides is 1. The molecule has 0 atom stereocenters. The minimum atomic E-state index is -4.33. The number of rotatable bonds is 5. The summed E-state index contributed by atoms with van der Waals surface area (Å²) in [5, 5.41) is 2.13. The zero-order valence-electron chi connectivity index (χ0n) is 10.5. The Morgan fingerprint density at radius 1 is 1.25 bits per heavy atom. The van der Waals surface area contributed by atoms with Crippen LogP contribution in [0.15, 0.2) is 18.2 Å². The highest BCUT2D eigenvalue weighted by Crippen LogP contribution is 2.18. The van der Waals surface area contributed by atoms with E-state index in [1.807, 2.05) is 0 Å². The molecule has 0 aliphatic rings. The predicted octanol–water partition coefficient (Wildman–Crippen LogP) is 0.979. The number of hydrogen-bond acceptors (Lipinski definition) is 3. The molecule has 110 valence electrons. The number of benzene rings is 1. The van der Waals surface area contributed by atoms with Gasteiger partial charge in [0.1, 0.15) is 0 Å². The number of alkyl halides is 3. The Bertz CT molecular complexity index is 515. The van der Waals surface area contributed by atoms with E-state index in [1.54, 1.807) is 0 Å². The number of amides is 2. The van der Waals surface area contributed by atoms with Gasteiger partial charge in [0.25, 0.3) is 0 Å². The Labute approximate surface area is 113 Å². The van der Waals surface area contributed by atoms with E-state index >= 15 is 0 Å². The third kappa shape index (κ3) is 5.17. The molecule has 0 fully saturated rings. The molecular weight excluding hydrogens is 275 g/mol. The van der Waals surface area contributed by atoms with Crippen molar-refractivity contribution in [2.75, 3.05) is 12.3 Å². The summed E-state index contributed by atoms with van der Waals surface area (Å²) in [6.07, 6.45) is -5.67. The molecule has 0 aliphatic carbocycles. The van der Waals surface area contributed by atoms with Crippen LogP contribution in [0.1, 0.15) is 22.3 Å². The smallest absolute Gasteiger partial charge is 0.390 e. The van der Waals surface area contributed by atoms with Crippen LogP contribution >= 0.6 is 0 Å². The van der Waals surface area contributed by atoms with Crippen molar-refractivity contribution in [3.63, 3.8) is 0 Å². The summed E-state index contributed by atoms with van der Waals surface area (Å²) in [5.41, 5.74) is 11.3. The Hall–Kier alpha value is -2.25. The third-order valence-electron chi connectivity index (χ3n) is 2.48. The maximum absolute atomic E-state index is 11.9. The van der Waals surface area contributed by atoms with E-state index in [1.165, 1.54) is 18.2 Å². The number of nitrogen functional groups attached to an aromatic ring is 1. The van der Waals surface area contributed by atoms with E-state index in [4.69, 9.17) is 11.5 Å². The highest BCUT2D eigenvalue weighted by atomic mass is 19.4. The number of nitrogens with one attached hydrogen (secondary N) is 1. The Morgan fingerprint density at radius 3 is 2.45 bits per heavy atom. The highest BCUT2D eigenvalue weighted by molar-refractivity contribution is 5.96. The molecule has 8 heteroatoms. The first kappa shape index (κ1) is 15.8. The van der Waals surface area contributed by atoms with Gasteiger partial charge in [-0.2, -0.15) is 13.2 Å². The molecule has 0 saturated heterocycles. The Balaban J connectivity index is 2.64. The zero-order chi connectivity index (χ0) is 15.3. The standard InChI is InChI=1S/C12H14F3N3O2/c13-12(14,15)3-4-18-10(19)5-7-1-2-8(16)6-9(7)11(17)20/h1-2,6H,3-5,16H2,(H2,17,20)(H,18,19). The van der Waals surface area contributed by atoms with E-state index in [-0.39, 0.29) is 12.0 Å². The molecule has 5 nitrogen and oxygen atoms in total. The predicted molar refractivity (Wildman–Crippen MR) is 66.8 cm³/mol. The van der Waals surface area contributed by atoms with Crippen molar-refractivity contribution in [3.05, 3.63) is 29.3 Å². The van der Waals surface area contributed by atoms with Gasteiger partial charge in [0, 0.05) is 17.8 Å². The average Bonchev–Trinajstić information content (AvgIpc) is 2.29. The molecule has 0 unspecified atom stereocenters. The van der Waals surface area contributed by atoms with Crippen LogP contribution in [0.5, 0.6) is 0 Å². The van der Waals surface area contributed by atoms with Crippen LogP contribution in [0, 0.1) is 0 Å². The van der Waals surface area contributed by atoms with E-state index in [0.717, 1.165) is 0 Å². The summed E-state index contributed by atoms with van der Waals surface area (Å²) in [5.74, 6) is -1.38. The molecule has 0 saturated carbocycles. The molecule has 0 aromatic heterocycles. The first-order valence-electron chi connectivity index (χ1n) is 5.70. The first-order valence-corrected chi connectivity index (χ1v) is 5.70. The summed E-state index contributed by atoms with van der Waals surface area (Å²) in [6, 6.07) is 4.24. The second-order valence-electron chi connectivity index (χ2n) is 4.17. The van der Waals surface area contributed by atoms with Crippen molar-refractivity contribution in [1.29, 1.82) is 0 Å². The topological polar surface area (TPSA) is 98.2 Å². The minimum absolute atomic E-state index is 0.0796. The molecule has 0 heterocycles. The van der Waals surface area contributed by atoms with Gasteiger partial charge in [-0.25, -0.2) is 0 Å². The quantitative estimate of drug-likeness (QED) is 0.705. The van der Waals surface area contributed by atoms with E-state index in [0.29, 0.717) is 11.3 Å². The number of nitrogens with two attached hydrogens (primary N) is 2. The average molecular weight is 289 g/mol. The lowest BCUT2D eigenvalue weighted by molar-refractivity contribution is -0.135. The summed E-state index contributed by atoms with van der Waals surface area (Å²) < 4.78 is 35.8. The molecule has 0 aliphatic heterocycles. The minimum Gasteiger partial charge on any atom is -0.399 e. The maximum Gasteiger partial charge on any atom is 0.390 e. The molecule has 20 heavy (non-hydrogen) atoms. The number of halogens is 3. The van der Waals surface area contributed by atoms with Crippen molar-refractivity contribution >= 4 is 17.5 Å². The van der Waals surface area contributed by atoms with Gasteiger partial charge in [-0.1, -0.05) is 6.07 Å². The lowest BCUT2D eigenvalue weighted by Crippen LogP contribution is -2.30. The number of carbonyl (C=O) groups is 2. The van der Waals surface area contributed by atoms with Crippen LogP contribution in [-0.2, 0) is 11.2 Å². The van der Waals surface area contributed by atoms with Gasteiger partial charge >= 0.3 is 6.18 Å². The van der Waals surface area contributed by atoms with Crippen molar-refractivity contribution in [2.45, 2.75) is 19.0 Å². The third-order valence-corrected chi connectivity index (χ3v) is 2.48. The van der Waals surface area contributed by atoms with Crippen molar-refractivity contribution in [2.24, 2.45) is 5.73 Å². The Kier molecular flexibility index (Phi) is 4.95. The fraction of sp³-hybridized carbons (Fsp3) is 0.333. The highest BCUT2D eigenvalue weighted by Gasteiger charge is 2.26. The van der Waals surface area contributed by atoms with Crippen LogP contribution in [0.2, 0.25) is 0 Å². The Morgan fingerprint density at radius 2 is 1.90 bits per heavy atom. The largest absolute Gasteiger partial charge is 0.399 e. The van der Waals surface area contributed by atoms with Crippen LogP contribution in [-0.4, -0.2) is 24.5 Å². The van der Waals surface area contributed by atoms with Crippen molar-refractivity contribution in [1.82, 2.24) is 5.32 Å². The lowest BCUT2D eigenvalue weighted by Gasteiger charge is -2.10. The van der Waals surface area contributed by atoms with Crippen LogP contribution in [0.4, 0.5) is 18.9 Å². The van der Waals surface area contributed by atoms with Crippen LogP contribution < -0.4 is 16.8 Å². The number of hydrogen-bond donors (Lipinski definition) is 3. The van der Waals surface area contributed by atoms with Crippen molar-refractivity contribution in [3.8, 4) is 0 Å². The van der Waals surface area contributed by atoms with Gasteiger partial charge in [0.15, 0.2) is 0 Å². The summed E-state index contributed by atoms with van der Waals surface area (Å²) in [4.78, 5) is 22.7. The molecule has 2 amide bonds. The van der Waals surface area contributed by atoms with E-state index in [9.17, 15) is 22.8 Å². The van der Waals surface area contributed by atoms with Gasteiger partial charge in [0.2, 0.25) is 11.8 Å². The molecule has 0 bridgehead atoms. The summed E-state index contributed by atoms with van der Waals surface area (Å²) in [6.45, 7) is -0.511. The lowest BCUT2D eigenvalue weighted by atomic mass is 10.0. The number of anilines is 1. The fourth-order valence-electron chi connectivity index (χ4n) is 1.56. The fourth-order valence-corrected chi connectivity index (χ4v) is 1.56. The monoisotopic (exact) mass is 289 g/mol. The molecule has 0 radical (unpaired) electrons. The van der Waals surface area contributed by atoms with E-state index in [2.05, 4.69) is 5.32 Å². The molecular formula is C12H14F3N3O2. The maximum atomic E-state index is 11.9. The first-order chi connectivity index (χ1) is 9.19. The molecule has 0 spiro atoms. The van der Waals surface area contributed by atoms with Gasteiger partial charge in [0.05, 0.1) is 12.8 Å². The van der Waals surface area contributed by atoms with Gasteiger partial charge < -0.3 is 16.8 Å². The molecule has 1 aromatic carbocycles. The molecule has 1 rings (SSSR count). The number of carbonyl (C=O) groups excluding carboxylic acids is 2. The zero-order valence-corrected chi connectivity index (χ0v) is 10.5. The summed E-state index contributed by atoms with van der Waals surface area (Å²) >= 11 is 0. The molecule has 1 aromatic rings. The van der Waals surface area contributed by atoms with Gasteiger partial charge in [-0.05, 0) is 17.7 Å². The second kappa shape index (κ2) is 6.27. The van der Waals surface area contributed by atoms with Crippen LogP contribution in [0.3, 0.4) is 0 Å². The second-order valence-corrected chi connectivity index (χ2v) is 4.17. The van der Waals surface area contributed by atoms with Crippen LogP contribution in [0.25, 0.3) is 0 Å². The SMILES string of the molecule is NC(=O)c1cc(N)ccc1CC(=O)NCCC(F)(F)F. The molecule has 5 N–H and O–H groups in total. The normalized spacial score (nSPS) is 11.2. The van der Waals surface area contributed by atoms with Gasteiger partial charge in [-0.15, -0.1) is 0 Å². The van der Waals surface area contributed by atoms with E-state index < -0.39 is 31.0 Å². The van der Waals surface area contributed by atoms with Crippen molar-refractivity contribution < 1.29 is 22.8 Å². The van der Waals surface area contributed by atoms with Gasteiger partial charge in [-0.3, -0.25) is 9.59 Å².